The molecule has 0 aliphatic carbocycles. The zero-order valence-electron chi connectivity index (χ0n) is 3.74. The molecule has 4 heteroatoms. The van der Waals surface area contributed by atoms with Gasteiger partial charge in [0.15, 0.2) is 0 Å². The molecule has 0 radical (unpaired) electrons. The second-order valence-electron chi connectivity index (χ2n) is 0.788. The van der Waals surface area contributed by atoms with Crippen molar-refractivity contribution >= 4 is 13.5 Å². The molecule has 0 saturated carbocycles. The first kappa shape index (κ1) is 6.07. The standard InChI is InChI=1S/C3H5BN2O/c5-2-1-3-6-4-7/h1-3H,5H2. The Hall–Kier alpha value is -0.925. The van der Waals surface area contributed by atoms with E-state index in [0.29, 0.717) is 7.28 Å². The van der Waals surface area contributed by atoms with Gasteiger partial charge in [-0.15, -0.1) is 0 Å². The molecule has 0 saturated heterocycles. The van der Waals surface area contributed by atoms with Gasteiger partial charge in [0.2, 0.25) is 0 Å². The van der Waals surface area contributed by atoms with E-state index in [1.165, 1.54) is 18.5 Å². The van der Waals surface area contributed by atoms with Crippen molar-refractivity contribution in [1.29, 1.82) is 0 Å². The van der Waals surface area contributed by atoms with Crippen molar-refractivity contribution < 1.29 is 4.70 Å². The Morgan fingerprint density at radius 3 is 2.86 bits per heavy atom. The molecule has 0 unspecified atom stereocenters. The second-order valence-corrected chi connectivity index (χ2v) is 0.788. The summed E-state index contributed by atoms with van der Waals surface area (Å²) in [5, 5.41) is 0. The van der Waals surface area contributed by atoms with E-state index >= 15 is 0 Å². The molecule has 0 aliphatic rings. The van der Waals surface area contributed by atoms with Gasteiger partial charge < -0.3 is 0 Å². The maximum absolute atomic E-state index is 9.41. The summed E-state index contributed by atoms with van der Waals surface area (Å²) in [6.07, 6.45) is 4.08. The molecule has 0 rings (SSSR count). The van der Waals surface area contributed by atoms with E-state index < -0.39 is 0 Å². The van der Waals surface area contributed by atoms with Crippen molar-refractivity contribution in [2.24, 2.45) is 10.6 Å². The molecule has 0 aliphatic heterocycles. The monoisotopic (exact) mass is 96.0 g/mol. The summed E-state index contributed by atoms with van der Waals surface area (Å²) < 4.78 is 9.41. The van der Waals surface area contributed by atoms with Gasteiger partial charge in [0, 0.05) is 0 Å². The topological polar surface area (TPSA) is 55.4 Å². The Kier molecular flexibility index (Phi) is 4.40. The SMILES string of the molecule is NC=CC=NB=O. The minimum absolute atomic E-state index is 0.444. The fraction of sp³-hybridized carbons (Fsp3) is 0. The van der Waals surface area contributed by atoms with Gasteiger partial charge in [0.05, 0.1) is 0 Å². The first-order chi connectivity index (χ1) is 3.41. The Balaban J connectivity index is 3.27. The molecule has 0 bridgehead atoms. The third-order valence-corrected chi connectivity index (χ3v) is 0.344. The van der Waals surface area contributed by atoms with Crippen LogP contribution in [0.3, 0.4) is 0 Å². The van der Waals surface area contributed by atoms with E-state index in [2.05, 4.69) is 4.90 Å². The molecule has 0 spiro atoms. The van der Waals surface area contributed by atoms with Crippen LogP contribution in [0.1, 0.15) is 0 Å². The first-order valence-electron chi connectivity index (χ1n) is 1.75. The van der Waals surface area contributed by atoms with Gasteiger partial charge in [0.1, 0.15) is 0 Å². The van der Waals surface area contributed by atoms with Crippen molar-refractivity contribution in [3.63, 3.8) is 0 Å². The van der Waals surface area contributed by atoms with Crippen LogP contribution in [0, 0.1) is 0 Å². The summed E-state index contributed by atoms with van der Waals surface area (Å²) in [7, 11) is 0.444. The first-order valence-corrected chi connectivity index (χ1v) is 1.75. The average Bonchev–Trinajstić information content (AvgIpc) is 1.69. The summed E-state index contributed by atoms with van der Waals surface area (Å²) in [5.74, 6) is 0. The molecule has 0 aromatic rings. The van der Waals surface area contributed by atoms with Gasteiger partial charge in [-0.2, -0.15) is 0 Å². The molecule has 36 valence electrons. The fourth-order valence-corrected chi connectivity index (χ4v) is 0.135. The minimum atomic E-state index is 0.444. The van der Waals surface area contributed by atoms with Gasteiger partial charge >= 0.3 is 41.1 Å². The Bertz CT molecular complexity index is 99.1. The Morgan fingerprint density at radius 2 is 2.43 bits per heavy atom. The van der Waals surface area contributed by atoms with E-state index in [4.69, 9.17) is 5.73 Å². The average molecular weight is 95.9 g/mol. The number of nitrogens with two attached hydrogens (primary N) is 1. The molecule has 7 heavy (non-hydrogen) atoms. The van der Waals surface area contributed by atoms with Crippen LogP contribution in [0.4, 0.5) is 0 Å². The molecule has 2 N–H and O–H groups in total. The van der Waals surface area contributed by atoms with Crippen molar-refractivity contribution in [1.82, 2.24) is 0 Å². The maximum atomic E-state index is 9.41. The number of rotatable bonds is 2. The van der Waals surface area contributed by atoms with Crippen LogP contribution >= 0.6 is 0 Å². The molecule has 0 amide bonds. The number of hydrogen-bond acceptors (Lipinski definition) is 2. The molecule has 0 aromatic carbocycles. The predicted molar refractivity (Wildman–Crippen MR) is 28.3 cm³/mol. The van der Waals surface area contributed by atoms with Crippen LogP contribution in [-0.4, -0.2) is 13.5 Å². The van der Waals surface area contributed by atoms with Gasteiger partial charge in [0.25, 0.3) is 0 Å². The van der Waals surface area contributed by atoms with Gasteiger partial charge in [-0.3, -0.25) is 0 Å². The van der Waals surface area contributed by atoms with Crippen LogP contribution in [0.2, 0.25) is 0 Å². The zero-order valence-corrected chi connectivity index (χ0v) is 3.74. The summed E-state index contributed by atoms with van der Waals surface area (Å²) in [5.41, 5.74) is 4.88. The van der Waals surface area contributed by atoms with Crippen LogP contribution < -0.4 is 5.73 Å². The third-order valence-electron chi connectivity index (χ3n) is 0.344. The van der Waals surface area contributed by atoms with E-state index in [0.717, 1.165) is 0 Å². The third kappa shape index (κ3) is 5.07. The van der Waals surface area contributed by atoms with Gasteiger partial charge in [-0.25, -0.2) is 0 Å². The second kappa shape index (κ2) is 5.07. The summed E-state index contributed by atoms with van der Waals surface area (Å²) in [4.78, 5) is 3.19. The zero-order chi connectivity index (χ0) is 5.54. The molecular formula is C3H5BN2O. The van der Waals surface area contributed by atoms with Crippen molar-refractivity contribution in [2.75, 3.05) is 0 Å². The van der Waals surface area contributed by atoms with Gasteiger partial charge in [-0.1, -0.05) is 0 Å². The summed E-state index contributed by atoms with van der Waals surface area (Å²) in [6, 6.07) is 0. The molecule has 3 nitrogen and oxygen atoms in total. The molecule has 0 atom stereocenters. The van der Waals surface area contributed by atoms with E-state index in [9.17, 15) is 4.70 Å². The van der Waals surface area contributed by atoms with Crippen LogP contribution in [0.5, 0.6) is 0 Å². The van der Waals surface area contributed by atoms with Crippen LogP contribution in [0.15, 0.2) is 17.2 Å². The molecule has 0 heterocycles. The normalized spacial score (nSPS) is 10.3. The summed E-state index contributed by atoms with van der Waals surface area (Å²) >= 11 is 0. The molecule has 0 fully saturated rings. The predicted octanol–water partition coefficient (Wildman–Crippen LogP) is -0.506. The van der Waals surface area contributed by atoms with Crippen LogP contribution in [0.25, 0.3) is 0 Å². The van der Waals surface area contributed by atoms with E-state index in [-0.39, 0.29) is 0 Å². The van der Waals surface area contributed by atoms with E-state index in [1.54, 1.807) is 0 Å². The fourth-order valence-electron chi connectivity index (χ4n) is 0.135. The van der Waals surface area contributed by atoms with Crippen molar-refractivity contribution in [3.8, 4) is 0 Å². The van der Waals surface area contributed by atoms with E-state index in [1.807, 2.05) is 0 Å². The number of allylic oxidation sites excluding steroid dienone is 1. The number of nitrogens with zero attached hydrogens (tertiary/aromatic N) is 1. The Labute approximate surface area is 42.2 Å². The van der Waals surface area contributed by atoms with Crippen molar-refractivity contribution in [2.45, 2.75) is 0 Å². The number of hydrogen-bond donors (Lipinski definition) is 1. The van der Waals surface area contributed by atoms with Crippen molar-refractivity contribution in [3.05, 3.63) is 12.3 Å². The molecular weight excluding hydrogens is 90.9 g/mol. The molecule has 0 aromatic heterocycles. The summed E-state index contributed by atoms with van der Waals surface area (Å²) in [6.45, 7) is 0. The Morgan fingerprint density at radius 1 is 1.71 bits per heavy atom. The quantitative estimate of drug-likeness (QED) is 0.372. The van der Waals surface area contributed by atoms with Gasteiger partial charge in [-0.05, 0) is 0 Å². The van der Waals surface area contributed by atoms with Crippen LogP contribution in [-0.2, 0) is 4.70 Å².